The van der Waals surface area contributed by atoms with Crippen molar-refractivity contribution in [1.82, 2.24) is 9.55 Å². The lowest BCUT2D eigenvalue weighted by Gasteiger charge is -2.10. The van der Waals surface area contributed by atoms with E-state index in [1.807, 2.05) is 19.9 Å². The lowest BCUT2D eigenvalue weighted by molar-refractivity contribution is 0.185. The second-order valence-electron chi connectivity index (χ2n) is 5.81. The number of thiophene rings is 1. The Morgan fingerprint density at radius 2 is 2.04 bits per heavy atom. The molecule has 126 valence electrons. The average molecular weight is 407 g/mol. The summed E-state index contributed by atoms with van der Waals surface area (Å²) in [5.74, 6) is 0.723. The van der Waals surface area contributed by atoms with Gasteiger partial charge in [-0.15, -0.1) is 11.3 Å². The Balaban J connectivity index is 2.35. The minimum absolute atomic E-state index is 0.00214. The summed E-state index contributed by atoms with van der Waals surface area (Å²) in [6.45, 7) is 6.96. The minimum atomic E-state index is 0.00214. The maximum atomic E-state index is 13.1. The van der Waals surface area contributed by atoms with Crippen LogP contribution in [0.5, 0.6) is 0 Å². The molecule has 1 aromatic carbocycles. The SMILES string of the molecule is COCCn1c(C)nc2sc(C)c(-c3cc(C)ccc3Br)c2c1=O. The predicted octanol–water partition coefficient (Wildman–Crippen LogP) is 4.46. The molecule has 0 saturated heterocycles. The van der Waals surface area contributed by atoms with Gasteiger partial charge in [-0.2, -0.15) is 0 Å². The molecule has 0 saturated carbocycles. The predicted molar refractivity (Wildman–Crippen MR) is 103 cm³/mol. The van der Waals surface area contributed by atoms with Crippen LogP contribution in [0, 0.1) is 20.8 Å². The second-order valence-corrected chi connectivity index (χ2v) is 7.86. The quantitative estimate of drug-likeness (QED) is 0.642. The van der Waals surface area contributed by atoms with E-state index < -0.39 is 0 Å². The fourth-order valence-electron chi connectivity index (χ4n) is 2.90. The zero-order valence-corrected chi connectivity index (χ0v) is 16.5. The first-order valence-electron chi connectivity index (χ1n) is 7.70. The molecule has 0 aliphatic carbocycles. The van der Waals surface area contributed by atoms with Gasteiger partial charge in [-0.25, -0.2) is 4.98 Å². The van der Waals surface area contributed by atoms with E-state index in [-0.39, 0.29) is 5.56 Å². The number of fused-ring (bicyclic) bond motifs is 1. The molecule has 2 heterocycles. The summed E-state index contributed by atoms with van der Waals surface area (Å²) in [6.07, 6.45) is 0. The minimum Gasteiger partial charge on any atom is -0.383 e. The second kappa shape index (κ2) is 6.78. The Hall–Kier alpha value is -1.50. The van der Waals surface area contributed by atoms with Crippen LogP contribution in [0.3, 0.4) is 0 Å². The maximum Gasteiger partial charge on any atom is 0.262 e. The van der Waals surface area contributed by atoms with E-state index in [0.717, 1.165) is 36.7 Å². The lowest BCUT2D eigenvalue weighted by atomic mass is 10.0. The molecular formula is C18H19BrN2O2S. The molecular weight excluding hydrogens is 388 g/mol. The zero-order valence-electron chi connectivity index (χ0n) is 14.1. The van der Waals surface area contributed by atoms with Crippen LogP contribution < -0.4 is 5.56 Å². The van der Waals surface area contributed by atoms with E-state index in [1.54, 1.807) is 23.0 Å². The molecule has 0 aliphatic rings. The van der Waals surface area contributed by atoms with E-state index in [0.29, 0.717) is 18.5 Å². The number of aryl methyl sites for hydroxylation is 3. The third kappa shape index (κ3) is 2.94. The lowest BCUT2D eigenvalue weighted by Crippen LogP contribution is -2.25. The molecule has 0 amide bonds. The van der Waals surface area contributed by atoms with Gasteiger partial charge in [0.25, 0.3) is 5.56 Å². The Morgan fingerprint density at radius 1 is 1.29 bits per heavy atom. The summed E-state index contributed by atoms with van der Waals surface area (Å²) in [6, 6.07) is 6.19. The number of aromatic nitrogens is 2. The molecule has 0 fully saturated rings. The van der Waals surface area contributed by atoms with Gasteiger partial charge in [-0.3, -0.25) is 9.36 Å². The first-order chi connectivity index (χ1) is 11.4. The molecule has 0 unspecified atom stereocenters. The number of methoxy groups -OCH3 is 1. The number of ether oxygens (including phenoxy) is 1. The average Bonchev–Trinajstić information content (AvgIpc) is 2.85. The van der Waals surface area contributed by atoms with Crippen molar-refractivity contribution in [2.75, 3.05) is 13.7 Å². The van der Waals surface area contributed by atoms with Crippen molar-refractivity contribution < 1.29 is 4.74 Å². The van der Waals surface area contributed by atoms with Crippen LogP contribution in [0.4, 0.5) is 0 Å². The number of nitrogens with zero attached hydrogens (tertiary/aromatic N) is 2. The highest BCUT2D eigenvalue weighted by Crippen LogP contribution is 2.39. The molecule has 0 N–H and O–H groups in total. The molecule has 2 aromatic heterocycles. The molecule has 3 aromatic rings. The highest BCUT2D eigenvalue weighted by molar-refractivity contribution is 9.10. The van der Waals surface area contributed by atoms with Gasteiger partial charge in [0.1, 0.15) is 10.7 Å². The van der Waals surface area contributed by atoms with Gasteiger partial charge >= 0.3 is 0 Å². The third-order valence-electron chi connectivity index (χ3n) is 4.09. The van der Waals surface area contributed by atoms with E-state index in [1.165, 1.54) is 0 Å². The van der Waals surface area contributed by atoms with E-state index in [9.17, 15) is 4.79 Å². The van der Waals surface area contributed by atoms with Crippen LogP contribution in [0.25, 0.3) is 21.3 Å². The number of hydrogen-bond acceptors (Lipinski definition) is 4. The van der Waals surface area contributed by atoms with Crippen molar-refractivity contribution in [1.29, 1.82) is 0 Å². The Kier molecular flexibility index (Phi) is 4.90. The van der Waals surface area contributed by atoms with Crippen molar-refractivity contribution in [3.05, 3.63) is 49.3 Å². The zero-order chi connectivity index (χ0) is 17.4. The first-order valence-corrected chi connectivity index (χ1v) is 9.31. The fraction of sp³-hybridized carbons (Fsp3) is 0.333. The first kappa shape index (κ1) is 17.3. The highest BCUT2D eigenvalue weighted by atomic mass is 79.9. The van der Waals surface area contributed by atoms with Gasteiger partial charge in [0, 0.05) is 22.0 Å². The van der Waals surface area contributed by atoms with Crippen LogP contribution in [-0.2, 0) is 11.3 Å². The summed E-state index contributed by atoms with van der Waals surface area (Å²) >= 11 is 5.20. The molecule has 0 bridgehead atoms. The number of hydrogen-bond donors (Lipinski definition) is 0. The largest absolute Gasteiger partial charge is 0.383 e. The third-order valence-corrected chi connectivity index (χ3v) is 5.78. The summed E-state index contributed by atoms with van der Waals surface area (Å²) in [5.41, 5.74) is 3.18. The van der Waals surface area contributed by atoms with Crippen LogP contribution in [0.15, 0.2) is 27.5 Å². The molecule has 6 heteroatoms. The molecule has 0 spiro atoms. The van der Waals surface area contributed by atoms with Crippen LogP contribution in [0.2, 0.25) is 0 Å². The van der Waals surface area contributed by atoms with Crippen LogP contribution in [-0.4, -0.2) is 23.3 Å². The van der Waals surface area contributed by atoms with Gasteiger partial charge in [-0.1, -0.05) is 33.6 Å². The highest BCUT2D eigenvalue weighted by Gasteiger charge is 2.20. The smallest absolute Gasteiger partial charge is 0.262 e. The molecule has 24 heavy (non-hydrogen) atoms. The van der Waals surface area contributed by atoms with Gasteiger partial charge in [0.05, 0.1) is 18.5 Å². The van der Waals surface area contributed by atoms with Crippen LogP contribution >= 0.6 is 27.3 Å². The fourth-order valence-corrected chi connectivity index (χ4v) is 4.42. The van der Waals surface area contributed by atoms with Crippen molar-refractivity contribution in [2.24, 2.45) is 0 Å². The van der Waals surface area contributed by atoms with E-state index >= 15 is 0 Å². The number of rotatable bonds is 4. The summed E-state index contributed by atoms with van der Waals surface area (Å²) < 4.78 is 7.82. The van der Waals surface area contributed by atoms with Gasteiger partial charge in [0.15, 0.2) is 0 Å². The van der Waals surface area contributed by atoms with E-state index in [2.05, 4.69) is 40.0 Å². The topological polar surface area (TPSA) is 44.1 Å². The van der Waals surface area contributed by atoms with E-state index in [4.69, 9.17) is 4.74 Å². The maximum absolute atomic E-state index is 13.1. The van der Waals surface area contributed by atoms with Gasteiger partial charge in [-0.05, 0) is 32.4 Å². The molecule has 3 rings (SSSR count). The molecule has 0 aliphatic heterocycles. The number of benzene rings is 1. The van der Waals surface area contributed by atoms with Crippen molar-refractivity contribution >= 4 is 37.5 Å². The van der Waals surface area contributed by atoms with Crippen molar-refractivity contribution in [3.8, 4) is 11.1 Å². The Labute approximate surface area is 153 Å². The Bertz CT molecular complexity index is 975. The summed E-state index contributed by atoms with van der Waals surface area (Å²) in [5, 5.41) is 0.700. The summed E-state index contributed by atoms with van der Waals surface area (Å²) in [4.78, 5) is 19.7. The summed E-state index contributed by atoms with van der Waals surface area (Å²) in [7, 11) is 1.64. The van der Waals surface area contributed by atoms with Crippen LogP contribution in [0.1, 0.15) is 16.3 Å². The monoisotopic (exact) mass is 406 g/mol. The Morgan fingerprint density at radius 3 is 2.75 bits per heavy atom. The molecule has 4 nitrogen and oxygen atoms in total. The number of halogens is 1. The van der Waals surface area contributed by atoms with Gasteiger partial charge < -0.3 is 4.74 Å². The van der Waals surface area contributed by atoms with Gasteiger partial charge in [0.2, 0.25) is 0 Å². The standard InChI is InChI=1S/C18H19BrN2O2S/c1-10-5-6-14(19)13(9-10)15-11(2)24-17-16(15)18(22)21(7-8-23-4)12(3)20-17/h5-6,9H,7-8H2,1-4H3. The van der Waals surface area contributed by atoms with Crippen molar-refractivity contribution in [2.45, 2.75) is 27.3 Å². The molecule has 0 radical (unpaired) electrons. The normalized spacial score (nSPS) is 11.4. The molecule has 0 atom stereocenters. The van der Waals surface area contributed by atoms with Crippen molar-refractivity contribution in [3.63, 3.8) is 0 Å².